The number of carbonyl (C=O) groups is 1. The lowest BCUT2D eigenvalue weighted by atomic mass is 10.4. The van der Waals surface area contributed by atoms with Crippen LogP contribution in [-0.2, 0) is 4.79 Å². The number of ether oxygens (including phenoxy) is 1. The average Bonchev–Trinajstić information content (AvgIpc) is 2.25. The summed E-state index contributed by atoms with van der Waals surface area (Å²) in [5, 5.41) is 11.4. The third-order valence-electron chi connectivity index (χ3n) is 1.60. The Morgan fingerprint density at radius 3 is 3.13 bits per heavy atom. The molecular formula is C10H14N2O3. The fourth-order valence-corrected chi connectivity index (χ4v) is 0.894. The van der Waals surface area contributed by atoms with E-state index in [1.807, 2.05) is 0 Å². The van der Waals surface area contributed by atoms with E-state index in [2.05, 4.69) is 10.3 Å². The molecular weight excluding hydrogens is 196 g/mol. The molecule has 0 aromatic carbocycles. The Bertz CT molecular complexity index is 301. The van der Waals surface area contributed by atoms with E-state index in [0.29, 0.717) is 5.75 Å². The predicted octanol–water partition coefficient (Wildman–Crippen LogP) is -0.0426. The zero-order valence-corrected chi connectivity index (χ0v) is 8.51. The SMILES string of the molecule is CC(O)CNC(=O)COc1cccnc1. The van der Waals surface area contributed by atoms with Gasteiger partial charge in [-0.05, 0) is 19.1 Å². The van der Waals surface area contributed by atoms with Gasteiger partial charge in [-0.15, -0.1) is 0 Å². The second-order valence-electron chi connectivity index (χ2n) is 3.13. The molecule has 1 atom stereocenters. The molecule has 0 radical (unpaired) electrons. The summed E-state index contributed by atoms with van der Waals surface area (Å²) in [7, 11) is 0. The van der Waals surface area contributed by atoms with Gasteiger partial charge >= 0.3 is 0 Å². The highest BCUT2D eigenvalue weighted by Gasteiger charge is 2.03. The Labute approximate surface area is 88.1 Å². The molecule has 82 valence electrons. The standard InChI is InChI=1S/C10H14N2O3/c1-8(13)5-12-10(14)7-15-9-3-2-4-11-6-9/h2-4,6,8,13H,5,7H2,1H3,(H,12,14). The summed E-state index contributed by atoms with van der Waals surface area (Å²) in [6, 6.07) is 3.44. The van der Waals surface area contributed by atoms with Crippen LogP contribution >= 0.6 is 0 Å². The maximum Gasteiger partial charge on any atom is 0.258 e. The van der Waals surface area contributed by atoms with Gasteiger partial charge in [-0.1, -0.05) is 0 Å². The fraction of sp³-hybridized carbons (Fsp3) is 0.400. The number of aromatic nitrogens is 1. The highest BCUT2D eigenvalue weighted by molar-refractivity contribution is 5.77. The molecule has 5 heteroatoms. The number of rotatable bonds is 5. The molecule has 0 aliphatic carbocycles. The molecule has 1 aromatic rings. The third kappa shape index (κ3) is 4.97. The molecule has 0 fully saturated rings. The van der Waals surface area contributed by atoms with Crippen LogP contribution in [0.2, 0.25) is 0 Å². The monoisotopic (exact) mass is 210 g/mol. The Morgan fingerprint density at radius 1 is 1.73 bits per heavy atom. The molecule has 1 unspecified atom stereocenters. The van der Waals surface area contributed by atoms with Gasteiger partial charge in [-0.25, -0.2) is 0 Å². The summed E-state index contributed by atoms with van der Waals surface area (Å²) in [6.45, 7) is 1.76. The van der Waals surface area contributed by atoms with E-state index >= 15 is 0 Å². The first kappa shape index (κ1) is 11.5. The van der Waals surface area contributed by atoms with Crippen molar-refractivity contribution in [1.29, 1.82) is 0 Å². The number of carbonyl (C=O) groups excluding carboxylic acids is 1. The zero-order chi connectivity index (χ0) is 11.1. The highest BCUT2D eigenvalue weighted by atomic mass is 16.5. The van der Waals surface area contributed by atoms with Gasteiger partial charge in [0.05, 0.1) is 12.3 Å². The minimum absolute atomic E-state index is 0.0710. The van der Waals surface area contributed by atoms with Crippen LogP contribution in [-0.4, -0.2) is 35.3 Å². The van der Waals surface area contributed by atoms with Crippen LogP contribution < -0.4 is 10.1 Å². The van der Waals surface area contributed by atoms with Crippen LogP contribution in [0.1, 0.15) is 6.92 Å². The second-order valence-corrected chi connectivity index (χ2v) is 3.13. The van der Waals surface area contributed by atoms with Crippen molar-refractivity contribution in [3.63, 3.8) is 0 Å². The molecule has 1 amide bonds. The largest absolute Gasteiger partial charge is 0.482 e. The van der Waals surface area contributed by atoms with Crippen molar-refractivity contribution in [1.82, 2.24) is 10.3 Å². The number of nitrogens with one attached hydrogen (secondary N) is 1. The summed E-state index contributed by atoms with van der Waals surface area (Å²) < 4.78 is 5.14. The maximum atomic E-state index is 11.2. The Hall–Kier alpha value is -1.62. The van der Waals surface area contributed by atoms with Crippen molar-refractivity contribution in [2.24, 2.45) is 0 Å². The number of aliphatic hydroxyl groups excluding tert-OH is 1. The van der Waals surface area contributed by atoms with Crippen molar-refractivity contribution in [2.45, 2.75) is 13.0 Å². The van der Waals surface area contributed by atoms with Gasteiger partial charge in [-0.3, -0.25) is 9.78 Å². The highest BCUT2D eigenvalue weighted by Crippen LogP contribution is 2.05. The first-order valence-corrected chi connectivity index (χ1v) is 4.66. The van der Waals surface area contributed by atoms with Gasteiger partial charge in [0.2, 0.25) is 0 Å². The van der Waals surface area contributed by atoms with Gasteiger partial charge in [0.15, 0.2) is 6.61 Å². The topological polar surface area (TPSA) is 71.5 Å². The number of nitrogens with zero attached hydrogens (tertiary/aromatic N) is 1. The summed E-state index contributed by atoms with van der Waals surface area (Å²) in [5.41, 5.74) is 0. The molecule has 0 bridgehead atoms. The third-order valence-corrected chi connectivity index (χ3v) is 1.60. The number of pyridine rings is 1. The van der Waals surface area contributed by atoms with Crippen LogP contribution in [0.5, 0.6) is 5.75 Å². The molecule has 1 aromatic heterocycles. The minimum atomic E-state index is -0.549. The van der Waals surface area contributed by atoms with Gasteiger partial charge in [-0.2, -0.15) is 0 Å². The lowest BCUT2D eigenvalue weighted by Gasteiger charge is -2.08. The molecule has 0 saturated carbocycles. The lowest BCUT2D eigenvalue weighted by molar-refractivity contribution is -0.123. The first-order valence-electron chi connectivity index (χ1n) is 4.66. The molecule has 0 spiro atoms. The zero-order valence-electron chi connectivity index (χ0n) is 8.51. The summed E-state index contributed by atoms with van der Waals surface area (Å²) in [4.78, 5) is 15.0. The summed E-state index contributed by atoms with van der Waals surface area (Å²) >= 11 is 0. The Balaban J connectivity index is 2.23. The van der Waals surface area contributed by atoms with Crippen molar-refractivity contribution < 1.29 is 14.6 Å². The Morgan fingerprint density at radius 2 is 2.53 bits per heavy atom. The van der Waals surface area contributed by atoms with Crippen LogP contribution in [0, 0.1) is 0 Å². The summed E-state index contributed by atoms with van der Waals surface area (Å²) in [6.07, 6.45) is 2.61. The predicted molar refractivity (Wildman–Crippen MR) is 54.4 cm³/mol. The van der Waals surface area contributed by atoms with E-state index in [1.54, 1.807) is 25.3 Å². The van der Waals surface area contributed by atoms with Crippen molar-refractivity contribution in [3.05, 3.63) is 24.5 Å². The first-order chi connectivity index (χ1) is 7.18. The molecule has 2 N–H and O–H groups in total. The van der Waals surface area contributed by atoms with Crippen molar-refractivity contribution in [3.8, 4) is 5.75 Å². The van der Waals surface area contributed by atoms with Crippen molar-refractivity contribution >= 4 is 5.91 Å². The molecule has 5 nitrogen and oxygen atoms in total. The molecule has 0 aliphatic rings. The number of hydrogen-bond acceptors (Lipinski definition) is 4. The summed E-state index contributed by atoms with van der Waals surface area (Å²) in [5.74, 6) is 0.282. The maximum absolute atomic E-state index is 11.2. The van der Waals surface area contributed by atoms with E-state index in [9.17, 15) is 4.79 Å². The normalized spacial score (nSPS) is 11.9. The van der Waals surface area contributed by atoms with Gasteiger partial charge in [0, 0.05) is 12.7 Å². The van der Waals surface area contributed by atoms with Gasteiger partial charge in [0.1, 0.15) is 5.75 Å². The van der Waals surface area contributed by atoms with Crippen molar-refractivity contribution in [2.75, 3.05) is 13.2 Å². The van der Waals surface area contributed by atoms with E-state index in [0.717, 1.165) is 0 Å². The molecule has 15 heavy (non-hydrogen) atoms. The minimum Gasteiger partial charge on any atom is -0.482 e. The quantitative estimate of drug-likeness (QED) is 0.715. The second kappa shape index (κ2) is 5.98. The molecule has 1 heterocycles. The van der Waals surface area contributed by atoms with E-state index in [-0.39, 0.29) is 19.1 Å². The number of hydrogen-bond donors (Lipinski definition) is 2. The molecule has 1 rings (SSSR count). The van der Waals surface area contributed by atoms with Crippen LogP contribution in [0.4, 0.5) is 0 Å². The smallest absolute Gasteiger partial charge is 0.258 e. The Kier molecular flexibility index (Phi) is 4.56. The van der Waals surface area contributed by atoms with Crippen LogP contribution in [0.15, 0.2) is 24.5 Å². The van der Waals surface area contributed by atoms with E-state index in [1.165, 1.54) is 6.20 Å². The molecule has 0 aliphatic heterocycles. The van der Waals surface area contributed by atoms with E-state index in [4.69, 9.17) is 9.84 Å². The van der Waals surface area contributed by atoms with Gasteiger partial charge < -0.3 is 15.2 Å². The molecule has 0 saturated heterocycles. The fourth-order valence-electron chi connectivity index (χ4n) is 0.894. The van der Waals surface area contributed by atoms with E-state index < -0.39 is 6.10 Å². The number of aliphatic hydroxyl groups is 1. The number of amides is 1. The lowest BCUT2D eigenvalue weighted by Crippen LogP contribution is -2.34. The van der Waals surface area contributed by atoms with Gasteiger partial charge in [0.25, 0.3) is 5.91 Å². The van der Waals surface area contributed by atoms with Crippen LogP contribution in [0.25, 0.3) is 0 Å². The average molecular weight is 210 g/mol. The van der Waals surface area contributed by atoms with Crippen LogP contribution in [0.3, 0.4) is 0 Å².